The normalized spacial score (nSPS) is 9.33. The summed E-state index contributed by atoms with van der Waals surface area (Å²) in [6.45, 7) is 0. The van der Waals surface area contributed by atoms with Crippen LogP contribution in [0.4, 0.5) is 11.4 Å². The maximum atomic E-state index is 5.76. The molecule has 3 aromatic carbocycles. The third-order valence-electron chi connectivity index (χ3n) is 3.34. The van der Waals surface area contributed by atoms with Gasteiger partial charge in [0.15, 0.2) is 0 Å². The minimum atomic E-state index is 0.712. The molecule has 0 saturated heterocycles. The molecule has 114 valence electrons. The van der Waals surface area contributed by atoms with Crippen LogP contribution in [0.15, 0.2) is 72.8 Å². The zero-order chi connectivity index (χ0) is 16.8. The minimum Gasteiger partial charge on any atom is -0.399 e. The van der Waals surface area contributed by atoms with Crippen molar-refractivity contribution in [2.75, 3.05) is 11.5 Å². The van der Waals surface area contributed by atoms with Crippen molar-refractivity contribution in [1.82, 2.24) is 0 Å². The average Bonchev–Trinajstić information content (AvgIpc) is 2.59. The summed E-state index contributed by atoms with van der Waals surface area (Å²) in [5, 5.41) is 0. The Morgan fingerprint density at radius 3 is 1.17 bits per heavy atom. The van der Waals surface area contributed by atoms with Crippen LogP contribution in [0.5, 0.6) is 0 Å². The predicted octanol–water partition coefficient (Wildman–Crippen LogP) is 3.65. The maximum absolute atomic E-state index is 5.76. The summed E-state index contributed by atoms with van der Waals surface area (Å²) < 4.78 is 0. The Morgan fingerprint density at radius 2 is 0.792 bits per heavy atom. The molecule has 0 aliphatic carbocycles. The zero-order valence-electron chi connectivity index (χ0n) is 13.1. The van der Waals surface area contributed by atoms with Gasteiger partial charge in [-0.25, -0.2) is 0 Å². The fraction of sp³-hybridized carbons (Fsp3) is 0. The zero-order valence-corrected chi connectivity index (χ0v) is 13.1. The second-order valence-corrected chi connectivity index (χ2v) is 5.33. The molecule has 0 aliphatic rings. The minimum absolute atomic E-state index is 0.712. The molecule has 0 atom stereocenters. The largest absolute Gasteiger partial charge is 0.399 e. The lowest BCUT2D eigenvalue weighted by molar-refractivity contribution is 1.58. The van der Waals surface area contributed by atoms with E-state index in [4.69, 9.17) is 11.5 Å². The predicted molar refractivity (Wildman–Crippen MR) is 100 cm³/mol. The number of anilines is 2. The van der Waals surface area contributed by atoms with E-state index in [1.807, 2.05) is 72.8 Å². The van der Waals surface area contributed by atoms with Gasteiger partial charge in [0.05, 0.1) is 0 Å². The molecule has 0 bridgehead atoms. The highest BCUT2D eigenvalue weighted by atomic mass is 14.5. The van der Waals surface area contributed by atoms with Crippen molar-refractivity contribution in [3.05, 3.63) is 95.1 Å². The van der Waals surface area contributed by atoms with E-state index in [0.29, 0.717) is 11.4 Å². The summed E-state index contributed by atoms with van der Waals surface area (Å²) in [6.07, 6.45) is 0. The fourth-order valence-corrected chi connectivity index (χ4v) is 2.20. The summed E-state index contributed by atoms with van der Waals surface area (Å²) in [7, 11) is 0. The molecule has 0 saturated carbocycles. The van der Waals surface area contributed by atoms with Gasteiger partial charge < -0.3 is 11.5 Å². The van der Waals surface area contributed by atoms with Crippen molar-refractivity contribution >= 4 is 11.4 Å². The van der Waals surface area contributed by atoms with Crippen LogP contribution in [0.25, 0.3) is 0 Å². The number of hydrogen-bond donors (Lipinski definition) is 2. The molecule has 2 nitrogen and oxygen atoms in total. The Morgan fingerprint density at radius 1 is 0.458 bits per heavy atom. The number of rotatable bonds is 0. The van der Waals surface area contributed by atoms with Crippen LogP contribution in [0.1, 0.15) is 22.3 Å². The molecule has 3 aromatic rings. The first-order chi connectivity index (χ1) is 11.7. The third-order valence-corrected chi connectivity index (χ3v) is 3.34. The van der Waals surface area contributed by atoms with Crippen molar-refractivity contribution in [2.24, 2.45) is 0 Å². The van der Waals surface area contributed by atoms with E-state index in [1.165, 1.54) is 0 Å². The Labute approximate surface area is 142 Å². The summed E-state index contributed by atoms with van der Waals surface area (Å²) in [5.41, 5.74) is 16.6. The molecule has 0 radical (unpaired) electrons. The molecule has 0 amide bonds. The highest BCUT2D eigenvalue weighted by Crippen LogP contribution is 2.08. The van der Waals surface area contributed by atoms with Gasteiger partial charge in [0.1, 0.15) is 0 Å². The standard InChI is InChI=1S/C22H16N2/c23-21-8-2-6-19(15-21)12-10-17-4-1-5-18(14-17)11-13-20-7-3-9-22(24)16-20/h1-9,14-16H,23-24H2. The second kappa shape index (κ2) is 7.09. The Hall–Kier alpha value is -3.62. The van der Waals surface area contributed by atoms with Crippen LogP contribution in [-0.2, 0) is 0 Å². The highest BCUT2D eigenvalue weighted by molar-refractivity contribution is 5.53. The molecule has 3 rings (SSSR count). The van der Waals surface area contributed by atoms with Gasteiger partial charge in [0.2, 0.25) is 0 Å². The summed E-state index contributed by atoms with van der Waals surface area (Å²) in [6, 6.07) is 22.9. The maximum Gasteiger partial charge on any atom is 0.0326 e. The van der Waals surface area contributed by atoms with Crippen molar-refractivity contribution in [1.29, 1.82) is 0 Å². The first-order valence-corrected chi connectivity index (χ1v) is 7.54. The molecular formula is C22H16N2. The van der Waals surface area contributed by atoms with E-state index < -0.39 is 0 Å². The van der Waals surface area contributed by atoms with Gasteiger partial charge in [-0.05, 0) is 54.6 Å². The quantitative estimate of drug-likeness (QED) is 0.492. The lowest BCUT2D eigenvalue weighted by Gasteiger charge is -1.95. The van der Waals surface area contributed by atoms with Gasteiger partial charge in [0.25, 0.3) is 0 Å². The lowest BCUT2D eigenvalue weighted by Crippen LogP contribution is -1.85. The van der Waals surface area contributed by atoms with Crippen molar-refractivity contribution in [2.45, 2.75) is 0 Å². The van der Waals surface area contributed by atoms with Gasteiger partial charge in [-0.2, -0.15) is 0 Å². The number of nitrogens with two attached hydrogens (primary N) is 2. The molecule has 0 unspecified atom stereocenters. The fourth-order valence-electron chi connectivity index (χ4n) is 2.20. The summed E-state index contributed by atoms with van der Waals surface area (Å²) >= 11 is 0. The van der Waals surface area contributed by atoms with E-state index in [9.17, 15) is 0 Å². The van der Waals surface area contributed by atoms with Crippen molar-refractivity contribution in [3.8, 4) is 23.7 Å². The van der Waals surface area contributed by atoms with Crippen LogP contribution in [0.3, 0.4) is 0 Å². The molecule has 4 N–H and O–H groups in total. The van der Waals surface area contributed by atoms with Crippen LogP contribution in [-0.4, -0.2) is 0 Å². The molecular weight excluding hydrogens is 292 g/mol. The monoisotopic (exact) mass is 308 g/mol. The summed E-state index contributed by atoms with van der Waals surface area (Å²) in [5.74, 6) is 12.5. The smallest absolute Gasteiger partial charge is 0.0326 e. The number of hydrogen-bond acceptors (Lipinski definition) is 2. The molecule has 0 aliphatic heterocycles. The van der Waals surface area contributed by atoms with Crippen LogP contribution in [0.2, 0.25) is 0 Å². The molecule has 24 heavy (non-hydrogen) atoms. The number of nitrogen functional groups attached to an aromatic ring is 2. The van der Waals surface area contributed by atoms with E-state index >= 15 is 0 Å². The average molecular weight is 308 g/mol. The highest BCUT2D eigenvalue weighted by Gasteiger charge is 1.92. The van der Waals surface area contributed by atoms with E-state index in [-0.39, 0.29) is 0 Å². The van der Waals surface area contributed by atoms with E-state index in [0.717, 1.165) is 22.3 Å². The van der Waals surface area contributed by atoms with E-state index in [2.05, 4.69) is 23.7 Å². The first-order valence-electron chi connectivity index (χ1n) is 7.54. The SMILES string of the molecule is Nc1cccc(C#Cc2cccc(C#Cc3cccc(N)c3)c2)c1. The topological polar surface area (TPSA) is 52.0 Å². The molecule has 0 aromatic heterocycles. The Kier molecular flexibility index (Phi) is 4.52. The van der Waals surface area contributed by atoms with Crippen molar-refractivity contribution in [3.63, 3.8) is 0 Å². The van der Waals surface area contributed by atoms with E-state index in [1.54, 1.807) is 0 Å². The van der Waals surface area contributed by atoms with Crippen LogP contribution < -0.4 is 11.5 Å². The van der Waals surface area contributed by atoms with Gasteiger partial charge in [-0.3, -0.25) is 0 Å². The van der Waals surface area contributed by atoms with Crippen LogP contribution in [0, 0.1) is 23.7 Å². The lowest BCUT2D eigenvalue weighted by atomic mass is 10.1. The molecule has 0 spiro atoms. The van der Waals surface area contributed by atoms with Gasteiger partial charge in [0, 0.05) is 33.6 Å². The first kappa shape index (κ1) is 15.3. The molecule has 0 fully saturated rings. The number of benzene rings is 3. The van der Waals surface area contributed by atoms with Crippen molar-refractivity contribution < 1.29 is 0 Å². The van der Waals surface area contributed by atoms with Gasteiger partial charge in [-0.15, -0.1) is 0 Å². The van der Waals surface area contributed by atoms with Gasteiger partial charge in [-0.1, -0.05) is 41.9 Å². The Balaban J connectivity index is 1.83. The third kappa shape index (κ3) is 4.19. The Bertz CT molecular complexity index is 916. The van der Waals surface area contributed by atoms with Crippen LogP contribution >= 0.6 is 0 Å². The summed E-state index contributed by atoms with van der Waals surface area (Å²) in [4.78, 5) is 0. The molecule has 2 heteroatoms. The van der Waals surface area contributed by atoms with Gasteiger partial charge >= 0.3 is 0 Å². The molecule has 0 heterocycles. The second-order valence-electron chi connectivity index (χ2n) is 5.33.